The van der Waals surface area contributed by atoms with Crippen molar-refractivity contribution in [1.29, 1.82) is 0 Å². The van der Waals surface area contributed by atoms with E-state index < -0.39 is 5.97 Å². The molecule has 2 N–H and O–H groups in total. The minimum Gasteiger partial charge on any atom is -0.493 e. The van der Waals surface area contributed by atoms with Crippen LogP contribution in [0.2, 0.25) is 5.02 Å². The van der Waals surface area contributed by atoms with E-state index in [9.17, 15) is 9.90 Å². The highest BCUT2D eigenvalue weighted by Gasteiger charge is 2.19. The first-order valence-electron chi connectivity index (χ1n) is 7.97. The van der Waals surface area contributed by atoms with Gasteiger partial charge in [0.05, 0.1) is 30.4 Å². The molecule has 6 heteroatoms. The first kappa shape index (κ1) is 16.0. The summed E-state index contributed by atoms with van der Waals surface area (Å²) < 4.78 is 10.9. The number of H-pyrrole nitrogens is 1. The van der Waals surface area contributed by atoms with E-state index in [1.54, 1.807) is 12.1 Å². The standard InChI is InChI=1S/C19H16ClNO4/c20-17-6-18-15(16(7-21-18)19(22)23)5-14(17)12-1-3-13(4-2-12)25-10-11-8-24-9-11/h1-7,11,21H,8-10H2,(H,22,23). The second-order valence-corrected chi connectivity index (χ2v) is 6.53. The summed E-state index contributed by atoms with van der Waals surface area (Å²) in [6.45, 7) is 2.17. The van der Waals surface area contributed by atoms with Crippen LogP contribution < -0.4 is 4.74 Å². The quantitative estimate of drug-likeness (QED) is 0.717. The second-order valence-electron chi connectivity index (χ2n) is 6.12. The minimum absolute atomic E-state index is 0.232. The average molecular weight is 358 g/mol. The Labute approximate surface area is 149 Å². The monoisotopic (exact) mass is 357 g/mol. The van der Waals surface area contributed by atoms with Gasteiger partial charge in [-0.3, -0.25) is 0 Å². The Bertz CT molecular complexity index is 928. The lowest BCUT2D eigenvalue weighted by molar-refractivity contribution is -0.0508. The molecule has 0 amide bonds. The van der Waals surface area contributed by atoms with Crippen LogP contribution in [-0.2, 0) is 4.74 Å². The number of hydrogen-bond acceptors (Lipinski definition) is 3. The Morgan fingerprint density at radius 2 is 2.04 bits per heavy atom. The predicted molar refractivity (Wildman–Crippen MR) is 95.5 cm³/mol. The maximum absolute atomic E-state index is 11.3. The molecule has 4 rings (SSSR count). The molecule has 1 aliphatic heterocycles. The normalized spacial score (nSPS) is 14.4. The number of ether oxygens (including phenoxy) is 2. The molecule has 3 aromatic rings. The van der Waals surface area contributed by atoms with Gasteiger partial charge in [-0.2, -0.15) is 0 Å². The molecule has 0 spiro atoms. The minimum atomic E-state index is -0.969. The lowest BCUT2D eigenvalue weighted by atomic mass is 10.0. The summed E-state index contributed by atoms with van der Waals surface area (Å²) in [5.41, 5.74) is 2.63. The fourth-order valence-corrected chi connectivity index (χ4v) is 3.14. The number of carboxylic acid groups (broad SMARTS) is 1. The molecule has 1 saturated heterocycles. The van der Waals surface area contributed by atoms with Crippen molar-refractivity contribution in [3.8, 4) is 16.9 Å². The van der Waals surface area contributed by atoms with Gasteiger partial charge in [0.15, 0.2) is 0 Å². The third-order valence-electron chi connectivity index (χ3n) is 4.36. The largest absolute Gasteiger partial charge is 0.493 e. The van der Waals surface area contributed by atoms with Gasteiger partial charge in [0, 0.05) is 28.6 Å². The van der Waals surface area contributed by atoms with Crippen LogP contribution in [-0.4, -0.2) is 35.9 Å². The van der Waals surface area contributed by atoms with Crippen molar-refractivity contribution in [2.24, 2.45) is 5.92 Å². The summed E-state index contributed by atoms with van der Waals surface area (Å²) in [5.74, 6) is 0.295. The number of fused-ring (bicyclic) bond motifs is 1. The molecule has 0 radical (unpaired) electrons. The van der Waals surface area contributed by atoms with Crippen LogP contribution in [0.5, 0.6) is 5.75 Å². The second kappa shape index (κ2) is 6.43. The van der Waals surface area contributed by atoms with Crippen molar-refractivity contribution >= 4 is 28.5 Å². The molecule has 0 unspecified atom stereocenters. The predicted octanol–water partition coefficient (Wildman–Crippen LogP) is 4.21. The van der Waals surface area contributed by atoms with Crippen molar-refractivity contribution in [1.82, 2.24) is 4.98 Å². The number of benzene rings is 2. The van der Waals surface area contributed by atoms with E-state index in [1.165, 1.54) is 6.20 Å². The summed E-state index contributed by atoms with van der Waals surface area (Å²) in [4.78, 5) is 14.3. The number of carbonyl (C=O) groups is 1. The average Bonchev–Trinajstić information content (AvgIpc) is 2.96. The van der Waals surface area contributed by atoms with Crippen LogP contribution in [0.25, 0.3) is 22.0 Å². The molecule has 0 atom stereocenters. The Hall–Kier alpha value is -2.50. The smallest absolute Gasteiger partial charge is 0.337 e. The summed E-state index contributed by atoms with van der Waals surface area (Å²) >= 11 is 6.38. The lowest BCUT2D eigenvalue weighted by Crippen LogP contribution is -2.32. The van der Waals surface area contributed by atoms with Crippen molar-refractivity contribution < 1.29 is 19.4 Å². The zero-order valence-electron chi connectivity index (χ0n) is 13.3. The van der Waals surface area contributed by atoms with Crippen molar-refractivity contribution in [2.75, 3.05) is 19.8 Å². The lowest BCUT2D eigenvalue weighted by Gasteiger charge is -2.25. The summed E-state index contributed by atoms with van der Waals surface area (Å²) in [6, 6.07) is 11.2. The number of aromatic amines is 1. The van der Waals surface area contributed by atoms with Gasteiger partial charge in [0.2, 0.25) is 0 Å². The molecule has 1 fully saturated rings. The van der Waals surface area contributed by atoms with Crippen molar-refractivity contribution in [3.63, 3.8) is 0 Å². The third-order valence-corrected chi connectivity index (χ3v) is 4.67. The third kappa shape index (κ3) is 3.08. The SMILES string of the molecule is O=C(O)c1c[nH]c2cc(Cl)c(-c3ccc(OCC4COC4)cc3)cc12. The van der Waals surface area contributed by atoms with Gasteiger partial charge >= 0.3 is 5.97 Å². The summed E-state index contributed by atoms with van der Waals surface area (Å²) in [6.07, 6.45) is 1.48. The van der Waals surface area contributed by atoms with Gasteiger partial charge < -0.3 is 19.6 Å². The summed E-state index contributed by atoms with van der Waals surface area (Å²) in [5, 5.41) is 10.5. The number of rotatable bonds is 5. The Kier molecular flexibility index (Phi) is 4.11. The van der Waals surface area contributed by atoms with Crippen LogP contribution >= 0.6 is 11.6 Å². The fourth-order valence-electron chi connectivity index (χ4n) is 2.87. The number of halogens is 1. The van der Waals surface area contributed by atoms with E-state index in [4.69, 9.17) is 21.1 Å². The van der Waals surface area contributed by atoms with E-state index in [-0.39, 0.29) is 5.56 Å². The Balaban J connectivity index is 1.62. The van der Waals surface area contributed by atoms with Crippen molar-refractivity contribution in [3.05, 3.63) is 53.2 Å². The topological polar surface area (TPSA) is 71.5 Å². The molecular weight excluding hydrogens is 342 g/mol. The van der Waals surface area contributed by atoms with E-state index in [1.807, 2.05) is 24.3 Å². The molecule has 1 aliphatic rings. The highest BCUT2D eigenvalue weighted by Crippen LogP contribution is 2.34. The first-order chi connectivity index (χ1) is 12.1. The van der Waals surface area contributed by atoms with Crippen LogP contribution in [0.3, 0.4) is 0 Å². The molecule has 0 bridgehead atoms. The maximum Gasteiger partial charge on any atom is 0.337 e. The van der Waals surface area contributed by atoms with E-state index in [0.29, 0.717) is 28.5 Å². The van der Waals surface area contributed by atoms with Crippen LogP contribution in [0, 0.1) is 5.92 Å². The molecule has 2 heterocycles. The van der Waals surface area contributed by atoms with E-state index in [2.05, 4.69) is 4.98 Å². The zero-order chi connectivity index (χ0) is 17.4. The fraction of sp³-hybridized carbons (Fsp3) is 0.211. The van der Waals surface area contributed by atoms with E-state index in [0.717, 1.165) is 30.1 Å². The van der Waals surface area contributed by atoms with E-state index >= 15 is 0 Å². The summed E-state index contributed by atoms with van der Waals surface area (Å²) in [7, 11) is 0. The molecule has 128 valence electrons. The molecule has 5 nitrogen and oxygen atoms in total. The molecular formula is C19H16ClNO4. The Morgan fingerprint density at radius 3 is 2.68 bits per heavy atom. The number of aromatic nitrogens is 1. The van der Waals surface area contributed by atoms with Crippen LogP contribution in [0.15, 0.2) is 42.6 Å². The van der Waals surface area contributed by atoms with Gasteiger partial charge in [-0.05, 0) is 29.8 Å². The first-order valence-corrected chi connectivity index (χ1v) is 8.34. The number of carboxylic acids is 1. The van der Waals surface area contributed by atoms with Crippen LogP contribution in [0.1, 0.15) is 10.4 Å². The highest BCUT2D eigenvalue weighted by molar-refractivity contribution is 6.34. The number of aromatic carboxylic acids is 1. The molecule has 0 aliphatic carbocycles. The maximum atomic E-state index is 11.3. The Morgan fingerprint density at radius 1 is 1.28 bits per heavy atom. The van der Waals surface area contributed by atoms with Crippen molar-refractivity contribution in [2.45, 2.75) is 0 Å². The molecule has 25 heavy (non-hydrogen) atoms. The van der Waals surface area contributed by atoms with Gasteiger partial charge in [0.1, 0.15) is 5.75 Å². The van der Waals surface area contributed by atoms with Gasteiger partial charge in [0.25, 0.3) is 0 Å². The molecule has 0 saturated carbocycles. The molecule has 2 aromatic carbocycles. The molecule has 1 aromatic heterocycles. The highest BCUT2D eigenvalue weighted by atomic mass is 35.5. The van der Waals surface area contributed by atoms with Gasteiger partial charge in [-0.15, -0.1) is 0 Å². The number of hydrogen-bond donors (Lipinski definition) is 2. The van der Waals surface area contributed by atoms with Crippen LogP contribution in [0.4, 0.5) is 0 Å². The van der Waals surface area contributed by atoms with Gasteiger partial charge in [-0.25, -0.2) is 4.79 Å². The number of nitrogens with one attached hydrogen (secondary N) is 1. The van der Waals surface area contributed by atoms with Gasteiger partial charge in [-0.1, -0.05) is 23.7 Å². The zero-order valence-corrected chi connectivity index (χ0v) is 14.0.